The third-order valence-electron chi connectivity index (χ3n) is 0.788. The molecule has 0 atom stereocenters. The first-order valence-corrected chi connectivity index (χ1v) is 3.43. The van der Waals surface area contributed by atoms with Crippen LogP contribution in [0.1, 0.15) is 0 Å². The Hall–Kier alpha value is -0.880. The highest BCUT2D eigenvalue weighted by molar-refractivity contribution is 14.1. The van der Waals surface area contributed by atoms with Gasteiger partial charge in [0, 0.05) is 11.1 Å². The fourth-order valence-corrected chi connectivity index (χ4v) is 0.830. The van der Waals surface area contributed by atoms with Gasteiger partial charge in [0.05, 0.1) is 3.57 Å². The van der Waals surface area contributed by atoms with Crippen LogP contribution in [0.5, 0.6) is 0 Å². The van der Waals surface area contributed by atoms with E-state index in [9.17, 15) is 0 Å². The van der Waals surface area contributed by atoms with Crippen LogP contribution in [-0.2, 0) is 0 Å². The van der Waals surface area contributed by atoms with Crippen molar-refractivity contribution in [1.82, 2.24) is 9.97 Å². The SMILES string of the molecule is [N-]=[N+]=Nc1ncncc1I. The highest BCUT2D eigenvalue weighted by Gasteiger charge is 1.94. The number of hydrogen-bond acceptors (Lipinski definition) is 3. The molecule has 0 spiro atoms. The molecule has 0 bridgehead atoms. The van der Waals surface area contributed by atoms with Crippen molar-refractivity contribution in [2.24, 2.45) is 5.11 Å². The summed E-state index contributed by atoms with van der Waals surface area (Å²) in [6.45, 7) is 0. The monoisotopic (exact) mass is 247 g/mol. The van der Waals surface area contributed by atoms with Crippen LogP contribution in [0.25, 0.3) is 10.4 Å². The molecule has 0 aliphatic rings. The standard InChI is InChI=1S/C4H2IN5/c5-3-1-7-2-8-4(3)9-10-6/h1-2H. The lowest BCUT2D eigenvalue weighted by atomic mass is 10.6. The van der Waals surface area contributed by atoms with Crippen LogP contribution in [0.4, 0.5) is 5.82 Å². The summed E-state index contributed by atoms with van der Waals surface area (Å²) in [5.74, 6) is 0.373. The van der Waals surface area contributed by atoms with Crippen LogP contribution in [0, 0.1) is 3.57 Å². The quantitative estimate of drug-likeness (QED) is 0.329. The summed E-state index contributed by atoms with van der Waals surface area (Å²) in [7, 11) is 0. The molecule has 0 aliphatic heterocycles. The molecule has 1 heterocycles. The zero-order chi connectivity index (χ0) is 7.40. The van der Waals surface area contributed by atoms with Crippen molar-refractivity contribution in [3.63, 3.8) is 0 Å². The van der Waals surface area contributed by atoms with Crippen LogP contribution in [0.15, 0.2) is 17.6 Å². The fraction of sp³-hybridized carbons (Fsp3) is 0. The molecule has 1 aromatic heterocycles. The average molecular weight is 247 g/mol. The van der Waals surface area contributed by atoms with Crippen molar-refractivity contribution in [3.8, 4) is 0 Å². The minimum absolute atomic E-state index is 0.373. The van der Waals surface area contributed by atoms with E-state index in [1.807, 2.05) is 22.6 Å². The average Bonchev–Trinajstić information content (AvgIpc) is 1.94. The van der Waals surface area contributed by atoms with Gasteiger partial charge >= 0.3 is 0 Å². The Morgan fingerprint density at radius 1 is 1.70 bits per heavy atom. The van der Waals surface area contributed by atoms with Gasteiger partial charge in [0.1, 0.15) is 12.1 Å². The van der Waals surface area contributed by atoms with Crippen molar-refractivity contribution >= 4 is 28.4 Å². The maximum Gasteiger partial charge on any atom is 0.143 e. The van der Waals surface area contributed by atoms with Gasteiger partial charge in [-0.1, -0.05) is 0 Å². The van der Waals surface area contributed by atoms with E-state index in [1.54, 1.807) is 6.20 Å². The molecule has 1 aromatic rings. The summed E-state index contributed by atoms with van der Waals surface area (Å²) in [6, 6.07) is 0. The van der Waals surface area contributed by atoms with Gasteiger partial charge in [0.2, 0.25) is 0 Å². The largest absolute Gasteiger partial charge is 0.244 e. The van der Waals surface area contributed by atoms with E-state index in [4.69, 9.17) is 5.53 Å². The number of hydrogen-bond donors (Lipinski definition) is 0. The van der Waals surface area contributed by atoms with Crippen LogP contribution in [0.3, 0.4) is 0 Å². The molecule has 5 nitrogen and oxygen atoms in total. The van der Waals surface area contributed by atoms with Crippen LogP contribution in [-0.4, -0.2) is 9.97 Å². The topological polar surface area (TPSA) is 74.5 Å². The summed E-state index contributed by atoms with van der Waals surface area (Å²) in [4.78, 5) is 10.1. The highest BCUT2D eigenvalue weighted by atomic mass is 127. The Kier molecular flexibility index (Phi) is 2.41. The summed E-state index contributed by atoms with van der Waals surface area (Å²) < 4.78 is 0.748. The van der Waals surface area contributed by atoms with Crippen LogP contribution >= 0.6 is 22.6 Å². The van der Waals surface area contributed by atoms with Crippen molar-refractivity contribution in [2.75, 3.05) is 0 Å². The van der Waals surface area contributed by atoms with Crippen molar-refractivity contribution < 1.29 is 0 Å². The lowest BCUT2D eigenvalue weighted by molar-refractivity contribution is 1.13. The molecule has 0 aliphatic carbocycles. The predicted molar refractivity (Wildman–Crippen MR) is 43.6 cm³/mol. The van der Waals surface area contributed by atoms with Gasteiger partial charge in [-0.3, -0.25) is 0 Å². The molecule has 0 radical (unpaired) electrons. The molecule has 0 aromatic carbocycles. The maximum absolute atomic E-state index is 8.04. The Balaban J connectivity index is 3.14. The van der Waals surface area contributed by atoms with E-state index < -0.39 is 0 Å². The molecule has 6 heteroatoms. The molecular weight excluding hydrogens is 245 g/mol. The van der Waals surface area contributed by atoms with Gasteiger partial charge in [-0.05, 0) is 33.2 Å². The van der Waals surface area contributed by atoms with Gasteiger partial charge in [0.15, 0.2) is 0 Å². The number of halogens is 1. The smallest absolute Gasteiger partial charge is 0.143 e. The Labute approximate surface area is 70.3 Å². The Morgan fingerprint density at radius 2 is 2.50 bits per heavy atom. The zero-order valence-corrected chi connectivity index (χ0v) is 6.93. The first-order valence-electron chi connectivity index (χ1n) is 2.35. The zero-order valence-electron chi connectivity index (χ0n) is 4.77. The van der Waals surface area contributed by atoms with Gasteiger partial charge in [-0.15, -0.1) is 0 Å². The molecule has 10 heavy (non-hydrogen) atoms. The molecule has 0 N–H and O–H groups in total. The lowest BCUT2D eigenvalue weighted by Crippen LogP contribution is -1.79. The number of rotatable bonds is 1. The maximum atomic E-state index is 8.04. The van der Waals surface area contributed by atoms with Crippen molar-refractivity contribution in [2.45, 2.75) is 0 Å². The number of aromatic nitrogens is 2. The van der Waals surface area contributed by atoms with Crippen molar-refractivity contribution in [3.05, 3.63) is 26.5 Å². The minimum Gasteiger partial charge on any atom is -0.244 e. The van der Waals surface area contributed by atoms with E-state index in [0.29, 0.717) is 5.82 Å². The molecule has 0 amide bonds. The van der Waals surface area contributed by atoms with Gasteiger partial charge in [0.25, 0.3) is 0 Å². The fourth-order valence-electron chi connectivity index (χ4n) is 0.422. The second-order valence-electron chi connectivity index (χ2n) is 1.38. The van der Waals surface area contributed by atoms with Gasteiger partial charge in [-0.2, -0.15) is 0 Å². The summed E-state index contributed by atoms with van der Waals surface area (Å²) >= 11 is 1.99. The first-order chi connectivity index (χ1) is 4.84. The van der Waals surface area contributed by atoms with Crippen LogP contribution < -0.4 is 0 Å². The summed E-state index contributed by atoms with van der Waals surface area (Å²) in [5.41, 5.74) is 8.04. The van der Waals surface area contributed by atoms with E-state index in [1.165, 1.54) is 6.33 Å². The Bertz CT molecular complexity index is 279. The normalized spacial score (nSPS) is 8.50. The minimum atomic E-state index is 0.373. The van der Waals surface area contributed by atoms with E-state index in [-0.39, 0.29) is 0 Å². The molecule has 0 saturated heterocycles. The highest BCUT2D eigenvalue weighted by Crippen LogP contribution is 2.15. The molecule has 50 valence electrons. The summed E-state index contributed by atoms with van der Waals surface area (Å²) in [5, 5.41) is 3.33. The number of azide groups is 1. The first kappa shape index (κ1) is 7.23. The van der Waals surface area contributed by atoms with Crippen molar-refractivity contribution in [1.29, 1.82) is 0 Å². The number of nitrogens with zero attached hydrogens (tertiary/aromatic N) is 5. The van der Waals surface area contributed by atoms with E-state index >= 15 is 0 Å². The molecule has 0 unspecified atom stereocenters. The molecule has 0 fully saturated rings. The predicted octanol–water partition coefficient (Wildman–Crippen LogP) is 2.02. The van der Waals surface area contributed by atoms with Gasteiger partial charge in [-0.25, -0.2) is 9.97 Å². The van der Waals surface area contributed by atoms with E-state index in [0.717, 1.165) is 3.57 Å². The molecular formula is C4H2IN5. The Morgan fingerprint density at radius 3 is 3.10 bits per heavy atom. The lowest BCUT2D eigenvalue weighted by Gasteiger charge is -1.90. The third kappa shape index (κ3) is 1.55. The van der Waals surface area contributed by atoms with Gasteiger partial charge < -0.3 is 0 Å². The second kappa shape index (κ2) is 3.33. The second-order valence-corrected chi connectivity index (χ2v) is 2.55. The third-order valence-corrected chi connectivity index (χ3v) is 1.55. The molecule has 1 rings (SSSR count). The van der Waals surface area contributed by atoms with E-state index in [2.05, 4.69) is 20.0 Å². The van der Waals surface area contributed by atoms with Crippen LogP contribution in [0.2, 0.25) is 0 Å². The summed E-state index contributed by atoms with van der Waals surface area (Å²) in [6.07, 6.45) is 2.92. The molecule has 0 saturated carbocycles.